The molecule has 2 atom stereocenters. The van der Waals surface area contributed by atoms with Gasteiger partial charge < -0.3 is 15.4 Å². The molecule has 1 aromatic heterocycles. The van der Waals surface area contributed by atoms with Crippen LogP contribution in [0.25, 0.3) is 0 Å². The van der Waals surface area contributed by atoms with Crippen molar-refractivity contribution in [2.24, 2.45) is 5.73 Å². The zero-order valence-corrected chi connectivity index (χ0v) is 13.1. The maximum absolute atomic E-state index is 5.97. The summed E-state index contributed by atoms with van der Waals surface area (Å²) < 4.78 is 5.97. The van der Waals surface area contributed by atoms with E-state index in [1.54, 1.807) is 0 Å². The van der Waals surface area contributed by atoms with Crippen molar-refractivity contribution in [1.82, 2.24) is 4.98 Å². The number of aromatic nitrogens is 1. The Morgan fingerprint density at radius 1 is 1.33 bits per heavy atom. The molecule has 0 radical (unpaired) electrons. The van der Waals surface area contributed by atoms with Crippen molar-refractivity contribution >= 4 is 5.82 Å². The molecule has 4 heteroatoms. The molecule has 0 aromatic carbocycles. The predicted octanol–water partition coefficient (Wildman–Crippen LogP) is 2.64. The van der Waals surface area contributed by atoms with Crippen LogP contribution in [-0.2, 0) is 17.7 Å². The van der Waals surface area contributed by atoms with Gasteiger partial charge in [0.05, 0.1) is 18.8 Å². The van der Waals surface area contributed by atoms with Gasteiger partial charge in [-0.25, -0.2) is 4.98 Å². The number of morpholine rings is 1. The number of aryl methyl sites for hydroxylation is 1. The van der Waals surface area contributed by atoms with E-state index in [2.05, 4.69) is 24.0 Å². The molecule has 1 aromatic rings. The van der Waals surface area contributed by atoms with Gasteiger partial charge in [0.15, 0.2) is 0 Å². The quantitative estimate of drug-likeness (QED) is 0.926. The first-order valence-corrected chi connectivity index (χ1v) is 8.40. The summed E-state index contributed by atoms with van der Waals surface area (Å²) in [6.45, 7) is 4.56. The minimum absolute atomic E-state index is 0.394. The molecule has 1 saturated heterocycles. The first kappa shape index (κ1) is 14.8. The minimum atomic E-state index is 0.394. The maximum atomic E-state index is 5.97. The van der Waals surface area contributed by atoms with E-state index in [1.807, 2.05) is 0 Å². The molecule has 0 spiro atoms. The Morgan fingerprint density at radius 2 is 2.19 bits per heavy atom. The summed E-state index contributed by atoms with van der Waals surface area (Å²) in [5.74, 6) is 1.11. The molecule has 1 aliphatic carbocycles. The normalized spacial score (nSPS) is 25.7. The average Bonchev–Trinajstić information content (AvgIpc) is 2.54. The van der Waals surface area contributed by atoms with Crippen LogP contribution in [0.15, 0.2) is 12.1 Å². The lowest BCUT2D eigenvalue weighted by molar-refractivity contribution is -0.00900. The van der Waals surface area contributed by atoms with Crippen LogP contribution in [0, 0.1) is 0 Å². The SMILES string of the molecule is CCCc1cc(CN)cc(N2CCOC3CCCCC32)n1. The molecular formula is C17H27N3O. The van der Waals surface area contributed by atoms with Crippen molar-refractivity contribution in [3.05, 3.63) is 23.4 Å². The number of hydrogen-bond acceptors (Lipinski definition) is 4. The predicted molar refractivity (Wildman–Crippen MR) is 85.5 cm³/mol. The monoisotopic (exact) mass is 289 g/mol. The summed E-state index contributed by atoms with van der Waals surface area (Å²) in [5.41, 5.74) is 8.25. The highest BCUT2D eigenvalue weighted by Crippen LogP contribution is 2.31. The summed E-state index contributed by atoms with van der Waals surface area (Å²) >= 11 is 0. The van der Waals surface area contributed by atoms with Gasteiger partial charge in [0, 0.05) is 18.8 Å². The fourth-order valence-electron chi connectivity index (χ4n) is 3.66. The van der Waals surface area contributed by atoms with Crippen LogP contribution in [-0.4, -0.2) is 30.3 Å². The Balaban J connectivity index is 1.88. The highest BCUT2D eigenvalue weighted by molar-refractivity contribution is 5.45. The van der Waals surface area contributed by atoms with Gasteiger partial charge in [-0.3, -0.25) is 0 Å². The van der Waals surface area contributed by atoms with Crippen LogP contribution < -0.4 is 10.6 Å². The summed E-state index contributed by atoms with van der Waals surface area (Å²) in [5, 5.41) is 0. The third-order valence-electron chi connectivity index (χ3n) is 4.69. The molecule has 2 unspecified atom stereocenters. The zero-order chi connectivity index (χ0) is 14.7. The lowest BCUT2D eigenvalue weighted by atomic mass is 9.90. The van der Waals surface area contributed by atoms with Crippen LogP contribution in [0.3, 0.4) is 0 Å². The largest absolute Gasteiger partial charge is 0.374 e. The second-order valence-electron chi connectivity index (χ2n) is 6.23. The van der Waals surface area contributed by atoms with Crippen molar-refractivity contribution in [1.29, 1.82) is 0 Å². The van der Waals surface area contributed by atoms with Crippen LogP contribution in [0.2, 0.25) is 0 Å². The first-order valence-electron chi connectivity index (χ1n) is 8.40. The molecule has 21 heavy (non-hydrogen) atoms. The smallest absolute Gasteiger partial charge is 0.129 e. The highest BCUT2D eigenvalue weighted by Gasteiger charge is 2.34. The molecule has 0 bridgehead atoms. The summed E-state index contributed by atoms with van der Waals surface area (Å²) in [7, 11) is 0. The third-order valence-corrected chi connectivity index (χ3v) is 4.69. The number of anilines is 1. The maximum Gasteiger partial charge on any atom is 0.129 e. The van der Waals surface area contributed by atoms with Crippen molar-refractivity contribution in [3.63, 3.8) is 0 Å². The van der Waals surface area contributed by atoms with E-state index in [0.29, 0.717) is 18.7 Å². The van der Waals surface area contributed by atoms with Gasteiger partial charge >= 0.3 is 0 Å². The third kappa shape index (κ3) is 3.22. The second-order valence-corrected chi connectivity index (χ2v) is 6.23. The Bertz CT molecular complexity index is 475. The molecule has 1 saturated carbocycles. The van der Waals surface area contributed by atoms with Crippen LogP contribution in [0.1, 0.15) is 50.3 Å². The van der Waals surface area contributed by atoms with Crippen molar-refractivity contribution < 1.29 is 4.74 Å². The summed E-state index contributed by atoms with van der Waals surface area (Å²) in [6.07, 6.45) is 7.56. The molecule has 116 valence electrons. The first-order chi connectivity index (χ1) is 10.3. The fraction of sp³-hybridized carbons (Fsp3) is 0.706. The van der Waals surface area contributed by atoms with E-state index in [-0.39, 0.29) is 0 Å². The van der Waals surface area contributed by atoms with E-state index in [0.717, 1.165) is 31.8 Å². The molecule has 0 amide bonds. The Hall–Kier alpha value is -1.13. The van der Waals surface area contributed by atoms with E-state index < -0.39 is 0 Å². The van der Waals surface area contributed by atoms with Crippen molar-refractivity contribution in [3.8, 4) is 0 Å². The molecular weight excluding hydrogens is 262 g/mol. The van der Waals surface area contributed by atoms with Crippen molar-refractivity contribution in [2.75, 3.05) is 18.1 Å². The summed E-state index contributed by atoms with van der Waals surface area (Å²) in [6, 6.07) is 4.84. The average molecular weight is 289 g/mol. The Morgan fingerprint density at radius 3 is 3.00 bits per heavy atom. The molecule has 2 N–H and O–H groups in total. The van der Waals surface area contributed by atoms with Gasteiger partial charge in [-0.15, -0.1) is 0 Å². The Kier molecular flexibility index (Phi) is 4.76. The van der Waals surface area contributed by atoms with E-state index >= 15 is 0 Å². The van der Waals surface area contributed by atoms with E-state index in [4.69, 9.17) is 15.5 Å². The number of nitrogens with zero attached hydrogens (tertiary/aromatic N) is 2. The van der Waals surface area contributed by atoms with Crippen LogP contribution >= 0.6 is 0 Å². The number of hydrogen-bond donors (Lipinski definition) is 1. The minimum Gasteiger partial charge on any atom is -0.374 e. The van der Waals surface area contributed by atoms with Crippen LogP contribution in [0.4, 0.5) is 5.82 Å². The van der Waals surface area contributed by atoms with Gasteiger partial charge in [-0.1, -0.05) is 26.2 Å². The molecule has 3 rings (SSSR count). The number of rotatable bonds is 4. The standard InChI is InChI=1S/C17H27N3O/c1-2-5-14-10-13(12-18)11-17(19-14)20-8-9-21-16-7-4-3-6-15(16)20/h10-11,15-16H,2-9,12,18H2,1H3. The Labute approximate surface area is 127 Å². The van der Waals surface area contributed by atoms with Gasteiger partial charge in [-0.2, -0.15) is 0 Å². The lowest BCUT2D eigenvalue weighted by Crippen LogP contribution is -2.53. The lowest BCUT2D eigenvalue weighted by Gasteiger charge is -2.44. The molecule has 1 aliphatic heterocycles. The fourth-order valence-corrected chi connectivity index (χ4v) is 3.66. The van der Waals surface area contributed by atoms with E-state index in [9.17, 15) is 0 Å². The molecule has 2 fully saturated rings. The van der Waals surface area contributed by atoms with Crippen molar-refractivity contribution in [2.45, 2.75) is 64.1 Å². The van der Waals surface area contributed by atoms with Gasteiger partial charge in [0.1, 0.15) is 5.82 Å². The van der Waals surface area contributed by atoms with Gasteiger partial charge in [0.2, 0.25) is 0 Å². The molecule has 4 nitrogen and oxygen atoms in total. The topological polar surface area (TPSA) is 51.4 Å². The van der Waals surface area contributed by atoms with Gasteiger partial charge in [0.25, 0.3) is 0 Å². The second kappa shape index (κ2) is 6.75. The number of ether oxygens (including phenoxy) is 1. The number of pyridine rings is 1. The van der Waals surface area contributed by atoms with Crippen LogP contribution in [0.5, 0.6) is 0 Å². The van der Waals surface area contributed by atoms with Gasteiger partial charge in [-0.05, 0) is 37.0 Å². The molecule has 2 aliphatic rings. The summed E-state index contributed by atoms with van der Waals surface area (Å²) in [4.78, 5) is 7.38. The molecule has 2 heterocycles. The van der Waals surface area contributed by atoms with E-state index in [1.165, 1.54) is 36.9 Å². The number of fused-ring (bicyclic) bond motifs is 1. The zero-order valence-electron chi connectivity index (χ0n) is 13.1. The number of nitrogens with two attached hydrogens (primary N) is 1. The highest BCUT2D eigenvalue weighted by atomic mass is 16.5.